The lowest BCUT2D eigenvalue weighted by Gasteiger charge is -2.01. The summed E-state index contributed by atoms with van der Waals surface area (Å²) in [7, 11) is 0. The highest BCUT2D eigenvalue weighted by Crippen LogP contribution is 2.28. The van der Waals surface area contributed by atoms with E-state index in [9.17, 15) is 0 Å². The molecule has 1 rings (SSSR count). The summed E-state index contributed by atoms with van der Waals surface area (Å²) in [6, 6.07) is 5.70. The average Bonchev–Trinajstić information content (AvgIpc) is 2.03. The van der Waals surface area contributed by atoms with Crippen LogP contribution in [0.2, 0.25) is 0 Å². The molecule has 0 saturated carbocycles. The zero-order valence-electron chi connectivity index (χ0n) is 6.38. The normalized spacial score (nSPS) is 9.33. The molecule has 0 radical (unpaired) electrons. The van der Waals surface area contributed by atoms with E-state index >= 15 is 0 Å². The summed E-state index contributed by atoms with van der Waals surface area (Å²) in [4.78, 5) is 1.13. The lowest BCUT2D eigenvalue weighted by Crippen LogP contribution is -1.84. The number of rotatable bonds is 2. The summed E-state index contributed by atoms with van der Waals surface area (Å²) in [5.41, 5.74) is 6.33. The van der Waals surface area contributed by atoms with Crippen LogP contribution in [0.1, 0.15) is 0 Å². The predicted octanol–water partition coefficient (Wildman–Crippen LogP) is 2.76. The molecule has 0 unspecified atom stereocenters. The van der Waals surface area contributed by atoms with Gasteiger partial charge in [-0.2, -0.15) is 0 Å². The standard InChI is InChI=1S/C9H8BrNS/c1-2-5-12-9-4-3-7(11)6-8(9)10/h1,3-4,6H,5,11H2. The molecule has 0 fully saturated rings. The van der Waals surface area contributed by atoms with Crippen LogP contribution in [0.15, 0.2) is 27.6 Å². The van der Waals surface area contributed by atoms with E-state index in [1.54, 1.807) is 11.8 Å². The predicted molar refractivity (Wildman–Crippen MR) is 58.1 cm³/mol. The number of nitrogen functional groups attached to an aromatic ring is 1. The minimum atomic E-state index is 0.683. The van der Waals surface area contributed by atoms with Gasteiger partial charge in [0.2, 0.25) is 0 Å². The van der Waals surface area contributed by atoms with Crippen molar-refractivity contribution in [3.63, 3.8) is 0 Å². The molecule has 62 valence electrons. The Balaban J connectivity index is 2.81. The molecule has 3 heteroatoms. The molecular formula is C9H8BrNS. The van der Waals surface area contributed by atoms with E-state index in [4.69, 9.17) is 12.2 Å². The largest absolute Gasteiger partial charge is 0.399 e. The number of anilines is 1. The van der Waals surface area contributed by atoms with Crippen molar-refractivity contribution >= 4 is 33.4 Å². The fourth-order valence-electron chi connectivity index (χ4n) is 0.754. The number of thioether (sulfide) groups is 1. The second-order valence-electron chi connectivity index (χ2n) is 2.18. The third-order valence-corrected chi connectivity index (χ3v) is 3.16. The second kappa shape index (κ2) is 4.44. The van der Waals surface area contributed by atoms with Crippen LogP contribution in [0.4, 0.5) is 5.69 Å². The van der Waals surface area contributed by atoms with E-state index < -0.39 is 0 Å². The van der Waals surface area contributed by atoms with Crippen molar-refractivity contribution in [2.45, 2.75) is 4.90 Å². The Morgan fingerprint density at radius 2 is 2.33 bits per heavy atom. The van der Waals surface area contributed by atoms with Crippen molar-refractivity contribution in [1.82, 2.24) is 0 Å². The van der Waals surface area contributed by atoms with Gasteiger partial charge in [-0.1, -0.05) is 5.92 Å². The van der Waals surface area contributed by atoms with Crippen molar-refractivity contribution in [1.29, 1.82) is 0 Å². The van der Waals surface area contributed by atoms with Crippen LogP contribution >= 0.6 is 27.7 Å². The summed E-state index contributed by atoms with van der Waals surface area (Å²) in [5.74, 6) is 3.25. The van der Waals surface area contributed by atoms with E-state index in [0.717, 1.165) is 15.1 Å². The SMILES string of the molecule is C#CCSc1ccc(N)cc1Br. The van der Waals surface area contributed by atoms with Crippen molar-refractivity contribution < 1.29 is 0 Å². The van der Waals surface area contributed by atoms with Gasteiger partial charge in [0.1, 0.15) is 0 Å². The van der Waals surface area contributed by atoms with Crippen molar-refractivity contribution in [2.75, 3.05) is 11.5 Å². The minimum absolute atomic E-state index is 0.683. The van der Waals surface area contributed by atoms with Gasteiger partial charge in [-0.25, -0.2) is 0 Å². The van der Waals surface area contributed by atoms with Gasteiger partial charge in [-0.3, -0.25) is 0 Å². The maximum absolute atomic E-state index is 5.58. The maximum Gasteiger partial charge on any atom is 0.0592 e. The number of benzene rings is 1. The second-order valence-corrected chi connectivity index (χ2v) is 4.05. The molecule has 1 aromatic rings. The molecule has 0 aliphatic rings. The molecule has 0 aliphatic heterocycles. The van der Waals surface area contributed by atoms with E-state index in [2.05, 4.69) is 21.9 Å². The Bertz CT molecular complexity index is 317. The summed E-state index contributed by atoms with van der Waals surface area (Å²) >= 11 is 5.03. The zero-order valence-corrected chi connectivity index (χ0v) is 8.78. The number of halogens is 1. The van der Waals surface area contributed by atoms with Crippen LogP contribution in [0.3, 0.4) is 0 Å². The van der Waals surface area contributed by atoms with Gasteiger partial charge in [0, 0.05) is 15.1 Å². The molecule has 0 amide bonds. The van der Waals surface area contributed by atoms with Gasteiger partial charge in [-0.05, 0) is 34.1 Å². The molecule has 0 spiro atoms. The first-order valence-electron chi connectivity index (χ1n) is 3.35. The molecule has 1 nitrogen and oxygen atoms in total. The number of hydrogen-bond acceptors (Lipinski definition) is 2. The Hall–Kier alpha value is -0.590. The summed E-state index contributed by atoms with van der Waals surface area (Å²) < 4.78 is 1.00. The monoisotopic (exact) mass is 241 g/mol. The van der Waals surface area contributed by atoms with Gasteiger partial charge in [-0.15, -0.1) is 18.2 Å². The number of hydrogen-bond donors (Lipinski definition) is 1. The fraction of sp³-hybridized carbons (Fsp3) is 0.111. The lowest BCUT2D eigenvalue weighted by molar-refractivity contribution is 1.41. The Morgan fingerprint density at radius 1 is 1.58 bits per heavy atom. The van der Waals surface area contributed by atoms with E-state index in [1.807, 2.05) is 18.2 Å². The highest BCUT2D eigenvalue weighted by molar-refractivity contribution is 9.10. The molecule has 0 aromatic heterocycles. The van der Waals surface area contributed by atoms with Crippen LogP contribution in [0, 0.1) is 12.3 Å². The summed E-state index contributed by atoms with van der Waals surface area (Å²) in [6.45, 7) is 0. The van der Waals surface area contributed by atoms with Crippen LogP contribution in [-0.2, 0) is 0 Å². The average molecular weight is 242 g/mol. The molecule has 0 aliphatic carbocycles. The summed E-state index contributed by atoms with van der Waals surface area (Å²) in [5, 5.41) is 0. The van der Waals surface area contributed by atoms with Gasteiger partial charge >= 0.3 is 0 Å². The highest BCUT2D eigenvalue weighted by atomic mass is 79.9. The lowest BCUT2D eigenvalue weighted by atomic mass is 10.3. The third-order valence-electron chi connectivity index (χ3n) is 1.27. The van der Waals surface area contributed by atoms with Crippen molar-refractivity contribution in [3.8, 4) is 12.3 Å². The molecule has 12 heavy (non-hydrogen) atoms. The topological polar surface area (TPSA) is 26.0 Å². The Labute approximate surface area is 84.9 Å². The molecule has 1 aromatic carbocycles. The number of terminal acetylenes is 1. The highest BCUT2D eigenvalue weighted by Gasteiger charge is 1.98. The van der Waals surface area contributed by atoms with Crippen molar-refractivity contribution in [2.24, 2.45) is 0 Å². The minimum Gasteiger partial charge on any atom is -0.399 e. The number of nitrogens with two attached hydrogens (primary N) is 1. The first-order chi connectivity index (χ1) is 5.74. The Morgan fingerprint density at radius 3 is 2.92 bits per heavy atom. The molecular weight excluding hydrogens is 234 g/mol. The molecule has 0 bridgehead atoms. The molecule has 0 saturated heterocycles. The van der Waals surface area contributed by atoms with E-state index in [-0.39, 0.29) is 0 Å². The van der Waals surface area contributed by atoms with Gasteiger partial charge in [0.05, 0.1) is 5.75 Å². The van der Waals surface area contributed by atoms with Crippen LogP contribution < -0.4 is 5.73 Å². The molecule has 2 N–H and O–H groups in total. The third kappa shape index (κ3) is 2.47. The van der Waals surface area contributed by atoms with E-state index in [0.29, 0.717) is 5.75 Å². The molecule has 0 heterocycles. The molecule has 0 atom stereocenters. The van der Waals surface area contributed by atoms with Gasteiger partial charge in [0.15, 0.2) is 0 Å². The first kappa shape index (κ1) is 9.50. The van der Waals surface area contributed by atoms with Crippen LogP contribution in [0.5, 0.6) is 0 Å². The van der Waals surface area contributed by atoms with Crippen LogP contribution in [-0.4, -0.2) is 5.75 Å². The smallest absolute Gasteiger partial charge is 0.0592 e. The van der Waals surface area contributed by atoms with Crippen LogP contribution in [0.25, 0.3) is 0 Å². The Kier molecular flexibility index (Phi) is 3.51. The quantitative estimate of drug-likeness (QED) is 0.490. The van der Waals surface area contributed by atoms with Gasteiger partial charge in [0.25, 0.3) is 0 Å². The zero-order chi connectivity index (χ0) is 8.97. The maximum atomic E-state index is 5.58. The summed E-state index contributed by atoms with van der Waals surface area (Å²) in [6.07, 6.45) is 5.15. The van der Waals surface area contributed by atoms with Gasteiger partial charge < -0.3 is 5.73 Å². The fourth-order valence-corrected chi connectivity index (χ4v) is 2.09. The van der Waals surface area contributed by atoms with Crippen molar-refractivity contribution in [3.05, 3.63) is 22.7 Å². The first-order valence-corrected chi connectivity index (χ1v) is 5.13. The van der Waals surface area contributed by atoms with E-state index in [1.165, 1.54) is 0 Å².